The Morgan fingerprint density at radius 1 is 1.60 bits per heavy atom. The molecule has 0 saturated carbocycles. The van der Waals surface area contributed by atoms with Crippen molar-refractivity contribution in [1.82, 2.24) is 4.90 Å². The molecule has 2 atom stereocenters. The van der Waals surface area contributed by atoms with Crippen LogP contribution >= 0.6 is 0 Å². The number of aliphatic hydroxyl groups is 2. The fraction of sp³-hybridized carbons (Fsp3) is 1.00. The first-order valence-electron chi connectivity index (χ1n) is 3.23. The predicted octanol–water partition coefficient (Wildman–Crippen LogP) is -0.320. The van der Waals surface area contributed by atoms with Gasteiger partial charge in [-0.05, 0) is 13.5 Å². The van der Waals surface area contributed by atoms with Crippen LogP contribution in [-0.2, 0) is 0 Å². The highest BCUT2D eigenvalue weighted by Crippen LogP contribution is 2.13. The van der Waals surface area contributed by atoms with Crippen LogP contribution in [0.3, 0.4) is 0 Å². The summed E-state index contributed by atoms with van der Waals surface area (Å²) in [7, 11) is 1.91. The van der Waals surface area contributed by atoms with E-state index >= 15 is 0 Å². The SMILES string of the molecule is C.CN1C[C@H](O)C[C@H]1CO. The molecule has 0 amide bonds. The van der Waals surface area contributed by atoms with Gasteiger partial charge in [0.25, 0.3) is 0 Å². The summed E-state index contributed by atoms with van der Waals surface area (Å²) in [5.74, 6) is 0. The number of likely N-dealkylation sites (tertiary alicyclic amines) is 1. The Balaban J connectivity index is 0.000000810. The third kappa shape index (κ3) is 1.94. The fourth-order valence-corrected chi connectivity index (χ4v) is 1.26. The van der Waals surface area contributed by atoms with E-state index in [9.17, 15) is 0 Å². The van der Waals surface area contributed by atoms with Gasteiger partial charge in [0.1, 0.15) is 0 Å². The summed E-state index contributed by atoms with van der Waals surface area (Å²) >= 11 is 0. The summed E-state index contributed by atoms with van der Waals surface area (Å²) in [6.07, 6.45) is 0.486. The maximum atomic E-state index is 9.05. The van der Waals surface area contributed by atoms with Crippen LogP contribution in [0.25, 0.3) is 0 Å². The molecule has 0 unspecified atom stereocenters. The van der Waals surface area contributed by atoms with Gasteiger partial charge in [-0.3, -0.25) is 4.90 Å². The fourth-order valence-electron chi connectivity index (χ4n) is 1.26. The van der Waals surface area contributed by atoms with Crippen molar-refractivity contribution < 1.29 is 10.2 Å². The number of hydrogen-bond acceptors (Lipinski definition) is 3. The van der Waals surface area contributed by atoms with Gasteiger partial charge in [-0.15, -0.1) is 0 Å². The zero-order chi connectivity index (χ0) is 6.85. The summed E-state index contributed by atoms with van der Waals surface area (Å²) in [4.78, 5) is 1.98. The molecule has 1 fully saturated rings. The van der Waals surface area contributed by atoms with Gasteiger partial charge in [-0.1, -0.05) is 7.43 Å². The topological polar surface area (TPSA) is 43.7 Å². The van der Waals surface area contributed by atoms with E-state index in [0.717, 1.165) is 0 Å². The van der Waals surface area contributed by atoms with Crippen molar-refractivity contribution in [3.63, 3.8) is 0 Å². The molecule has 10 heavy (non-hydrogen) atoms. The third-order valence-electron chi connectivity index (χ3n) is 1.88. The van der Waals surface area contributed by atoms with E-state index in [1.165, 1.54) is 0 Å². The first-order valence-corrected chi connectivity index (χ1v) is 3.23. The Morgan fingerprint density at radius 2 is 2.20 bits per heavy atom. The lowest BCUT2D eigenvalue weighted by Crippen LogP contribution is -2.27. The molecule has 0 radical (unpaired) electrons. The molecular weight excluding hydrogens is 130 g/mol. The molecule has 1 saturated heterocycles. The molecule has 0 spiro atoms. The van der Waals surface area contributed by atoms with Gasteiger partial charge < -0.3 is 10.2 Å². The number of β-amino-alcohol motifs (C(OH)–C–C–N with tert-alkyl or cyclic N) is 1. The maximum Gasteiger partial charge on any atom is 0.0682 e. The van der Waals surface area contributed by atoms with Crippen molar-refractivity contribution in [3.05, 3.63) is 0 Å². The van der Waals surface area contributed by atoms with E-state index in [1.54, 1.807) is 0 Å². The minimum Gasteiger partial charge on any atom is -0.395 e. The van der Waals surface area contributed by atoms with Gasteiger partial charge in [0.05, 0.1) is 12.7 Å². The molecule has 62 valence electrons. The Labute approximate surface area is 62.3 Å². The van der Waals surface area contributed by atoms with Crippen molar-refractivity contribution in [3.8, 4) is 0 Å². The van der Waals surface area contributed by atoms with E-state index < -0.39 is 0 Å². The van der Waals surface area contributed by atoms with Crippen LogP contribution in [-0.4, -0.2) is 47.5 Å². The standard InChI is InChI=1S/C6H13NO2.CH4/c1-7-3-6(9)2-5(7)4-8;/h5-6,8-9H,2-4H2,1H3;1H4/t5-,6+;/m0./s1. The summed E-state index contributed by atoms with van der Waals surface area (Å²) < 4.78 is 0. The number of likely N-dealkylation sites (N-methyl/N-ethyl adjacent to an activating group) is 1. The van der Waals surface area contributed by atoms with Gasteiger partial charge in [0, 0.05) is 12.6 Å². The number of rotatable bonds is 1. The van der Waals surface area contributed by atoms with Crippen LogP contribution < -0.4 is 0 Å². The largest absolute Gasteiger partial charge is 0.395 e. The molecule has 1 heterocycles. The smallest absolute Gasteiger partial charge is 0.0682 e. The Kier molecular flexibility index (Phi) is 3.86. The van der Waals surface area contributed by atoms with E-state index in [1.807, 2.05) is 11.9 Å². The molecule has 1 rings (SSSR count). The lowest BCUT2D eigenvalue weighted by molar-refractivity contribution is 0.180. The average molecular weight is 147 g/mol. The Bertz CT molecular complexity index is 97.6. The van der Waals surface area contributed by atoms with Crippen molar-refractivity contribution in [1.29, 1.82) is 0 Å². The molecule has 1 aliphatic rings. The van der Waals surface area contributed by atoms with Crippen LogP contribution in [0.1, 0.15) is 13.8 Å². The summed E-state index contributed by atoms with van der Waals surface area (Å²) in [6, 6.07) is 0.181. The summed E-state index contributed by atoms with van der Waals surface area (Å²) in [6.45, 7) is 0.860. The lowest BCUT2D eigenvalue weighted by Gasteiger charge is -2.14. The van der Waals surface area contributed by atoms with Crippen molar-refractivity contribution in [2.45, 2.75) is 26.0 Å². The van der Waals surface area contributed by atoms with Crippen molar-refractivity contribution >= 4 is 0 Å². The quantitative estimate of drug-likeness (QED) is 0.534. The van der Waals surface area contributed by atoms with Gasteiger partial charge in [0.15, 0.2) is 0 Å². The van der Waals surface area contributed by atoms with Gasteiger partial charge in [-0.25, -0.2) is 0 Å². The zero-order valence-electron chi connectivity index (χ0n) is 5.62. The van der Waals surface area contributed by atoms with Crippen LogP contribution in [0.4, 0.5) is 0 Å². The minimum absolute atomic E-state index is 0. The molecule has 0 aromatic carbocycles. The van der Waals surface area contributed by atoms with Crippen LogP contribution in [0, 0.1) is 0 Å². The average Bonchev–Trinajstić information content (AvgIpc) is 2.10. The van der Waals surface area contributed by atoms with Gasteiger partial charge in [-0.2, -0.15) is 0 Å². The third-order valence-corrected chi connectivity index (χ3v) is 1.88. The molecule has 0 bridgehead atoms. The van der Waals surface area contributed by atoms with E-state index in [0.29, 0.717) is 13.0 Å². The predicted molar refractivity (Wildman–Crippen MR) is 40.9 cm³/mol. The highest BCUT2D eigenvalue weighted by atomic mass is 16.3. The number of nitrogens with zero attached hydrogens (tertiary/aromatic N) is 1. The zero-order valence-corrected chi connectivity index (χ0v) is 5.62. The Morgan fingerprint density at radius 3 is 2.40 bits per heavy atom. The maximum absolute atomic E-state index is 9.05. The lowest BCUT2D eigenvalue weighted by atomic mass is 10.2. The normalized spacial score (nSPS) is 33.9. The molecule has 1 aliphatic heterocycles. The monoisotopic (exact) mass is 147 g/mol. The van der Waals surface area contributed by atoms with Gasteiger partial charge in [0.2, 0.25) is 0 Å². The van der Waals surface area contributed by atoms with E-state index in [-0.39, 0.29) is 26.2 Å². The second-order valence-electron chi connectivity index (χ2n) is 2.67. The van der Waals surface area contributed by atoms with Crippen LogP contribution in [0.5, 0.6) is 0 Å². The second-order valence-corrected chi connectivity index (χ2v) is 2.67. The van der Waals surface area contributed by atoms with Crippen molar-refractivity contribution in [2.24, 2.45) is 0 Å². The summed E-state index contributed by atoms with van der Waals surface area (Å²) in [5.41, 5.74) is 0. The number of aliphatic hydroxyl groups excluding tert-OH is 2. The van der Waals surface area contributed by atoms with E-state index in [4.69, 9.17) is 10.2 Å². The number of hydrogen-bond donors (Lipinski definition) is 2. The first-order chi connectivity index (χ1) is 4.24. The molecular formula is C7H17NO2. The molecule has 0 aliphatic carbocycles. The molecule has 0 aromatic rings. The Hall–Kier alpha value is -0.120. The van der Waals surface area contributed by atoms with Crippen LogP contribution in [0.15, 0.2) is 0 Å². The molecule has 3 nitrogen and oxygen atoms in total. The molecule has 3 heteroatoms. The van der Waals surface area contributed by atoms with Crippen molar-refractivity contribution in [2.75, 3.05) is 20.2 Å². The second kappa shape index (κ2) is 3.91. The van der Waals surface area contributed by atoms with Gasteiger partial charge >= 0.3 is 0 Å². The van der Waals surface area contributed by atoms with E-state index in [2.05, 4.69) is 0 Å². The summed E-state index contributed by atoms with van der Waals surface area (Å²) in [5, 5.41) is 17.7. The van der Waals surface area contributed by atoms with Crippen LogP contribution in [0.2, 0.25) is 0 Å². The minimum atomic E-state index is -0.229. The first kappa shape index (κ1) is 9.88. The molecule has 0 aromatic heterocycles. The highest BCUT2D eigenvalue weighted by Gasteiger charge is 2.26. The highest BCUT2D eigenvalue weighted by molar-refractivity contribution is 4.81. The molecule has 2 N–H and O–H groups in total.